The fraction of sp³-hybridized carbons (Fsp3) is 0.632. The summed E-state index contributed by atoms with van der Waals surface area (Å²) in [6, 6.07) is 3.83. The molecule has 1 unspecified atom stereocenters. The van der Waals surface area contributed by atoms with Crippen molar-refractivity contribution < 1.29 is 13.5 Å². The molecular weight excluding hydrogens is 465 g/mol. The lowest BCUT2D eigenvalue weighted by Gasteiger charge is -2.35. The smallest absolute Gasteiger partial charge is 0.191 e. The number of aliphatic imine (C=N–C) groups is 1. The van der Waals surface area contributed by atoms with Crippen molar-refractivity contribution in [3.63, 3.8) is 0 Å². The van der Waals surface area contributed by atoms with E-state index in [-0.39, 0.29) is 36.1 Å². The van der Waals surface area contributed by atoms with Gasteiger partial charge in [-0.05, 0) is 30.5 Å². The van der Waals surface area contributed by atoms with Crippen LogP contribution in [0.25, 0.3) is 0 Å². The van der Waals surface area contributed by atoms with E-state index in [1.807, 2.05) is 0 Å². The van der Waals surface area contributed by atoms with E-state index in [2.05, 4.69) is 34.4 Å². The standard InChI is InChI=1S/C19H30F2N4O.HI/c1-14(2)10-17(25-6-8-26-9-7-25)13-24-19(22-3)23-12-15-11-16(20)4-5-18(15)21;/h4-5,11,14,17H,6-10,12-13H2,1-3H3,(H2,22,23,24);1H. The van der Waals surface area contributed by atoms with E-state index in [4.69, 9.17) is 4.74 Å². The summed E-state index contributed by atoms with van der Waals surface area (Å²) in [6.45, 7) is 8.74. The Morgan fingerprint density at radius 2 is 1.93 bits per heavy atom. The van der Waals surface area contributed by atoms with Crippen LogP contribution in [0.2, 0.25) is 0 Å². The van der Waals surface area contributed by atoms with Crippen LogP contribution in [0, 0.1) is 17.6 Å². The molecule has 1 aliphatic heterocycles. The average Bonchev–Trinajstić information content (AvgIpc) is 2.63. The predicted octanol–water partition coefficient (Wildman–Crippen LogP) is 2.99. The van der Waals surface area contributed by atoms with Gasteiger partial charge >= 0.3 is 0 Å². The van der Waals surface area contributed by atoms with E-state index in [0.29, 0.717) is 17.9 Å². The first-order valence-corrected chi connectivity index (χ1v) is 9.19. The van der Waals surface area contributed by atoms with Gasteiger partial charge in [0, 0.05) is 44.8 Å². The second-order valence-electron chi connectivity index (χ2n) is 6.97. The number of nitrogens with one attached hydrogen (secondary N) is 2. The van der Waals surface area contributed by atoms with Crippen molar-refractivity contribution in [2.75, 3.05) is 39.9 Å². The summed E-state index contributed by atoms with van der Waals surface area (Å²) in [7, 11) is 1.67. The Morgan fingerprint density at radius 3 is 2.56 bits per heavy atom. The Bertz CT molecular complexity index is 595. The molecular formula is C19H31F2IN4O. The molecule has 1 aliphatic rings. The Morgan fingerprint density at radius 1 is 1.22 bits per heavy atom. The molecule has 1 atom stereocenters. The molecule has 2 N–H and O–H groups in total. The summed E-state index contributed by atoms with van der Waals surface area (Å²) in [5.74, 6) is 0.285. The first kappa shape index (κ1) is 24.0. The minimum atomic E-state index is -0.449. The molecule has 154 valence electrons. The minimum Gasteiger partial charge on any atom is -0.379 e. The van der Waals surface area contributed by atoms with Gasteiger partial charge in [-0.1, -0.05) is 13.8 Å². The lowest BCUT2D eigenvalue weighted by molar-refractivity contribution is 0.0132. The van der Waals surface area contributed by atoms with Crippen LogP contribution >= 0.6 is 24.0 Å². The molecule has 0 aliphatic carbocycles. The van der Waals surface area contributed by atoms with Crippen LogP contribution in [0.4, 0.5) is 8.78 Å². The van der Waals surface area contributed by atoms with Gasteiger partial charge in [-0.25, -0.2) is 8.78 Å². The van der Waals surface area contributed by atoms with Crippen LogP contribution in [0.5, 0.6) is 0 Å². The summed E-state index contributed by atoms with van der Waals surface area (Å²) in [5, 5.41) is 6.37. The van der Waals surface area contributed by atoms with E-state index in [1.165, 1.54) is 6.07 Å². The fourth-order valence-corrected chi connectivity index (χ4v) is 3.14. The number of rotatable bonds is 7. The zero-order valence-electron chi connectivity index (χ0n) is 16.3. The van der Waals surface area contributed by atoms with Crippen LogP contribution < -0.4 is 10.6 Å². The van der Waals surface area contributed by atoms with E-state index in [1.54, 1.807) is 7.05 Å². The Balaban J connectivity index is 0.00000364. The fourth-order valence-electron chi connectivity index (χ4n) is 3.14. The van der Waals surface area contributed by atoms with Crippen LogP contribution in [0.15, 0.2) is 23.2 Å². The van der Waals surface area contributed by atoms with Crippen molar-refractivity contribution in [1.82, 2.24) is 15.5 Å². The molecule has 1 fully saturated rings. The molecule has 27 heavy (non-hydrogen) atoms. The Labute approximate surface area is 178 Å². The number of halogens is 3. The van der Waals surface area contributed by atoms with Crippen molar-refractivity contribution >= 4 is 29.9 Å². The zero-order valence-corrected chi connectivity index (χ0v) is 18.6. The Hall–Kier alpha value is -1.00. The van der Waals surface area contributed by atoms with Crippen LogP contribution in [-0.2, 0) is 11.3 Å². The second-order valence-corrected chi connectivity index (χ2v) is 6.97. The lowest BCUT2D eigenvalue weighted by atomic mass is 10.0. The quantitative estimate of drug-likeness (QED) is 0.346. The first-order chi connectivity index (χ1) is 12.5. The second kappa shape index (κ2) is 12.5. The number of benzene rings is 1. The Kier molecular flexibility index (Phi) is 11.1. The number of morpholine rings is 1. The summed E-state index contributed by atoms with van der Waals surface area (Å²) in [4.78, 5) is 6.63. The van der Waals surface area contributed by atoms with Gasteiger partial charge in [0.05, 0.1) is 13.2 Å². The minimum absolute atomic E-state index is 0. The molecule has 0 bridgehead atoms. The molecule has 1 aromatic carbocycles. The van der Waals surface area contributed by atoms with E-state index in [0.717, 1.165) is 51.4 Å². The molecule has 0 saturated carbocycles. The summed E-state index contributed by atoms with van der Waals surface area (Å²) < 4.78 is 32.5. The molecule has 1 aromatic rings. The topological polar surface area (TPSA) is 48.9 Å². The number of nitrogens with zero attached hydrogens (tertiary/aromatic N) is 2. The van der Waals surface area contributed by atoms with E-state index < -0.39 is 11.6 Å². The van der Waals surface area contributed by atoms with Gasteiger partial charge in [0.25, 0.3) is 0 Å². The number of hydrogen-bond acceptors (Lipinski definition) is 3. The average molecular weight is 496 g/mol. The highest BCUT2D eigenvalue weighted by Crippen LogP contribution is 2.13. The molecule has 1 saturated heterocycles. The molecule has 0 amide bonds. The van der Waals surface area contributed by atoms with E-state index >= 15 is 0 Å². The summed E-state index contributed by atoms with van der Waals surface area (Å²) in [6.07, 6.45) is 1.07. The van der Waals surface area contributed by atoms with E-state index in [9.17, 15) is 8.78 Å². The summed E-state index contributed by atoms with van der Waals surface area (Å²) in [5.41, 5.74) is 0.278. The SMILES string of the molecule is CN=C(NCc1cc(F)ccc1F)NCC(CC(C)C)N1CCOCC1.I. The molecule has 5 nitrogen and oxygen atoms in total. The first-order valence-electron chi connectivity index (χ1n) is 9.19. The van der Waals surface area contributed by atoms with Crippen molar-refractivity contribution in [1.29, 1.82) is 0 Å². The third kappa shape index (κ3) is 8.27. The maximum Gasteiger partial charge on any atom is 0.191 e. The van der Waals surface area contributed by atoms with Gasteiger partial charge in [0.2, 0.25) is 0 Å². The number of hydrogen-bond donors (Lipinski definition) is 2. The van der Waals surface area contributed by atoms with Crippen molar-refractivity contribution in [3.8, 4) is 0 Å². The highest BCUT2D eigenvalue weighted by Gasteiger charge is 2.22. The normalized spacial score (nSPS) is 16.7. The largest absolute Gasteiger partial charge is 0.379 e. The van der Waals surface area contributed by atoms with Crippen LogP contribution in [0.1, 0.15) is 25.8 Å². The van der Waals surface area contributed by atoms with Gasteiger partial charge < -0.3 is 15.4 Å². The molecule has 0 radical (unpaired) electrons. The molecule has 2 rings (SSSR count). The van der Waals surface area contributed by atoms with Gasteiger partial charge in [-0.2, -0.15) is 0 Å². The number of guanidine groups is 1. The van der Waals surface area contributed by atoms with Crippen LogP contribution in [-0.4, -0.2) is 56.8 Å². The monoisotopic (exact) mass is 496 g/mol. The highest BCUT2D eigenvalue weighted by atomic mass is 127. The molecule has 0 spiro atoms. The zero-order chi connectivity index (χ0) is 18.9. The van der Waals surface area contributed by atoms with Crippen molar-refractivity contribution in [2.45, 2.75) is 32.9 Å². The molecule has 0 aromatic heterocycles. The third-order valence-corrected chi connectivity index (χ3v) is 4.49. The van der Waals surface area contributed by atoms with Gasteiger partial charge in [0.15, 0.2) is 5.96 Å². The predicted molar refractivity (Wildman–Crippen MR) is 116 cm³/mol. The molecule has 8 heteroatoms. The van der Waals surface area contributed by atoms with Gasteiger partial charge in [-0.3, -0.25) is 9.89 Å². The highest BCUT2D eigenvalue weighted by molar-refractivity contribution is 14.0. The number of ether oxygens (including phenoxy) is 1. The van der Waals surface area contributed by atoms with Gasteiger partial charge in [-0.15, -0.1) is 24.0 Å². The lowest BCUT2D eigenvalue weighted by Crippen LogP contribution is -2.51. The van der Waals surface area contributed by atoms with Gasteiger partial charge in [0.1, 0.15) is 11.6 Å². The molecule has 1 heterocycles. The maximum absolute atomic E-state index is 13.7. The maximum atomic E-state index is 13.7. The summed E-state index contributed by atoms with van der Waals surface area (Å²) >= 11 is 0. The van der Waals surface area contributed by atoms with Crippen LogP contribution in [0.3, 0.4) is 0 Å². The van der Waals surface area contributed by atoms with Crippen molar-refractivity contribution in [2.24, 2.45) is 10.9 Å². The van der Waals surface area contributed by atoms with Crippen molar-refractivity contribution in [3.05, 3.63) is 35.4 Å². The third-order valence-electron chi connectivity index (χ3n) is 4.49.